The maximum Gasteiger partial charge on any atom is 0.101 e. The van der Waals surface area contributed by atoms with Crippen molar-refractivity contribution in [2.75, 3.05) is 0 Å². The molecule has 0 atom stereocenters. The number of rotatable bonds is 1. The Labute approximate surface area is 108 Å². The Kier molecular flexibility index (Phi) is 3.00. The van der Waals surface area contributed by atoms with Crippen molar-refractivity contribution < 1.29 is 0 Å². The Morgan fingerprint density at radius 3 is 2.22 bits per heavy atom. The average Bonchev–Trinajstić information content (AvgIpc) is 2.73. The van der Waals surface area contributed by atoms with E-state index in [-0.39, 0.29) is 5.41 Å². The molecule has 18 heavy (non-hydrogen) atoms. The van der Waals surface area contributed by atoms with Crippen LogP contribution in [0.1, 0.15) is 37.6 Å². The van der Waals surface area contributed by atoms with Gasteiger partial charge in [-0.2, -0.15) is 5.26 Å². The molecule has 92 valence electrons. The van der Waals surface area contributed by atoms with Crippen molar-refractivity contribution in [1.82, 2.24) is 4.98 Å². The third-order valence-corrected chi connectivity index (χ3v) is 3.09. The number of H-pyrrole nitrogens is 1. The number of nitrogens with one attached hydrogen (secondary N) is 1. The van der Waals surface area contributed by atoms with Gasteiger partial charge >= 0.3 is 0 Å². The van der Waals surface area contributed by atoms with Crippen LogP contribution in [0.3, 0.4) is 0 Å². The summed E-state index contributed by atoms with van der Waals surface area (Å²) in [6.45, 7) is 8.47. The second-order valence-electron chi connectivity index (χ2n) is 5.70. The van der Waals surface area contributed by atoms with E-state index in [0.29, 0.717) is 5.56 Å². The fourth-order valence-corrected chi connectivity index (χ4v) is 1.89. The first kappa shape index (κ1) is 12.4. The molecule has 0 saturated heterocycles. The number of nitriles is 1. The molecule has 2 nitrogen and oxygen atoms in total. The first-order chi connectivity index (χ1) is 8.41. The Hall–Kier alpha value is -2.01. The molecular formula is C16H18N2. The third kappa shape index (κ3) is 2.31. The van der Waals surface area contributed by atoms with E-state index in [1.807, 2.05) is 6.07 Å². The first-order valence-electron chi connectivity index (χ1n) is 6.12. The summed E-state index contributed by atoms with van der Waals surface area (Å²) < 4.78 is 0. The molecule has 2 rings (SSSR count). The van der Waals surface area contributed by atoms with E-state index in [9.17, 15) is 5.26 Å². The van der Waals surface area contributed by atoms with Crippen molar-refractivity contribution in [1.29, 1.82) is 5.26 Å². The molecule has 1 aromatic carbocycles. The molecule has 0 fully saturated rings. The number of aryl methyl sites for hydroxylation is 1. The lowest BCUT2D eigenvalue weighted by atomic mass is 9.92. The van der Waals surface area contributed by atoms with Crippen LogP contribution in [0.15, 0.2) is 30.3 Å². The Morgan fingerprint density at radius 1 is 1.11 bits per heavy atom. The van der Waals surface area contributed by atoms with E-state index in [1.54, 1.807) is 0 Å². The quantitative estimate of drug-likeness (QED) is 0.796. The van der Waals surface area contributed by atoms with Gasteiger partial charge in [0.05, 0.1) is 11.3 Å². The van der Waals surface area contributed by atoms with Gasteiger partial charge in [-0.1, -0.05) is 50.6 Å². The fraction of sp³-hybridized carbons (Fsp3) is 0.312. The van der Waals surface area contributed by atoms with Gasteiger partial charge in [-0.25, -0.2) is 0 Å². The van der Waals surface area contributed by atoms with Gasteiger partial charge < -0.3 is 4.98 Å². The van der Waals surface area contributed by atoms with Crippen LogP contribution < -0.4 is 0 Å². The number of hydrogen-bond donors (Lipinski definition) is 1. The van der Waals surface area contributed by atoms with Gasteiger partial charge in [-0.05, 0) is 18.6 Å². The summed E-state index contributed by atoms with van der Waals surface area (Å²) in [5, 5.41) is 9.24. The largest absolute Gasteiger partial charge is 0.357 e. The highest BCUT2D eigenvalue weighted by Gasteiger charge is 2.19. The highest BCUT2D eigenvalue weighted by molar-refractivity contribution is 5.68. The second-order valence-corrected chi connectivity index (χ2v) is 5.70. The summed E-state index contributed by atoms with van der Waals surface area (Å²) in [5.41, 5.74) is 5.03. The van der Waals surface area contributed by atoms with Crippen molar-refractivity contribution in [3.63, 3.8) is 0 Å². The van der Waals surface area contributed by atoms with Crippen LogP contribution in [0.5, 0.6) is 0 Å². The van der Waals surface area contributed by atoms with Gasteiger partial charge in [0.25, 0.3) is 0 Å². The van der Waals surface area contributed by atoms with Crippen LogP contribution in [0.2, 0.25) is 0 Å². The Balaban J connectivity index is 2.54. The molecule has 2 aromatic rings. The minimum atomic E-state index is 0.0224. The summed E-state index contributed by atoms with van der Waals surface area (Å²) in [7, 11) is 0. The molecule has 0 radical (unpaired) electrons. The first-order valence-corrected chi connectivity index (χ1v) is 6.12. The molecule has 0 aliphatic carbocycles. The van der Waals surface area contributed by atoms with Crippen LogP contribution in [-0.4, -0.2) is 4.98 Å². The minimum Gasteiger partial charge on any atom is -0.357 e. The predicted octanol–water partition coefficient (Wildman–Crippen LogP) is 4.16. The van der Waals surface area contributed by atoms with Gasteiger partial charge in [-0.15, -0.1) is 0 Å². The van der Waals surface area contributed by atoms with Crippen molar-refractivity contribution in [2.24, 2.45) is 0 Å². The van der Waals surface area contributed by atoms with E-state index in [1.165, 1.54) is 5.56 Å². The second kappa shape index (κ2) is 4.34. The lowest BCUT2D eigenvalue weighted by Crippen LogP contribution is -2.11. The van der Waals surface area contributed by atoms with Gasteiger partial charge in [0.1, 0.15) is 6.07 Å². The van der Waals surface area contributed by atoms with Gasteiger partial charge in [-0.3, -0.25) is 0 Å². The van der Waals surface area contributed by atoms with Crippen LogP contribution in [-0.2, 0) is 5.41 Å². The summed E-state index contributed by atoms with van der Waals surface area (Å²) >= 11 is 0. The molecule has 1 aromatic heterocycles. The number of benzene rings is 1. The molecule has 0 amide bonds. The monoisotopic (exact) mass is 238 g/mol. The fourth-order valence-electron chi connectivity index (χ4n) is 1.89. The molecular weight excluding hydrogens is 220 g/mol. The zero-order valence-corrected chi connectivity index (χ0v) is 11.3. The van der Waals surface area contributed by atoms with Crippen molar-refractivity contribution in [3.05, 3.63) is 47.2 Å². The Bertz CT molecular complexity index is 590. The van der Waals surface area contributed by atoms with E-state index < -0.39 is 0 Å². The van der Waals surface area contributed by atoms with Crippen molar-refractivity contribution in [3.8, 4) is 17.3 Å². The van der Waals surface area contributed by atoms with Gasteiger partial charge in [0.2, 0.25) is 0 Å². The average molecular weight is 238 g/mol. The summed E-state index contributed by atoms with van der Waals surface area (Å²) in [5.74, 6) is 0. The predicted molar refractivity (Wildman–Crippen MR) is 74.4 cm³/mol. The normalized spacial score (nSPS) is 11.3. The van der Waals surface area contributed by atoms with Crippen molar-refractivity contribution in [2.45, 2.75) is 33.1 Å². The highest BCUT2D eigenvalue weighted by Crippen LogP contribution is 2.29. The number of hydrogen-bond acceptors (Lipinski definition) is 1. The number of aromatic nitrogens is 1. The Morgan fingerprint density at radius 2 is 1.72 bits per heavy atom. The lowest BCUT2D eigenvalue weighted by Gasteiger charge is -2.16. The molecule has 0 unspecified atom stereocenters. The summed E-state index contributed by atoms with van der Waals surface area (Å²) in [6.07, 6.45) is 0. The smallest absolute Gasteiger partial charge is 0.101 e. The van der Waals surface area contributed by atoms with E-state index in [0.717, 1.165) is 17.0 Å². The van der Waals surface area contributed by atoms with E-state index >= 15 is 0 Å². The van der Waals surface area contributed by atoms with Crippen LogP contribution in [0.4, 0.5) is 0 Å². The zero-order chi connectivity index (χ0) is 13.3. The molecule has 0 aliphatic heterocycles. The molecule has 0 bridgehead atoms. The molecule has 0 aliphatic rings. The molecule has 1 N–H and O–H groups in total. The molecule has 1 heterocycles. The third-order valence-electron chi connectivity index (χ3n) is 3.09. The van der Waals surface area contributed by atoms with Crippen LogP contribution >= 0.6 is 0 Å². The van der Waals surface area contributed by atoms with E-state index in [2.05, 4.69) is 63.0 Å². The number of aromatic amines is 1. The summed E-state index contributed by atoms with van der Waals surface area (Å²) in [4.78, 5) is 3.39. The maximum atomic E-state index is 9.24. The van der Waals surface area contributed by atoms with Crippen molar-refractivity contribution >= 4 is 0 Å². The maximum absolute atomic E-state index is 9.24. The van der Waals surface area contributed by atoms with Gasteiger partial charge in [0, 0.05) is 11.1 Å². The molecule has 0 saturated carbocycles. The SMILES string of the molecule is Cc1ccc(-c2[nH]c(C(C)(C)C)cc2C#N)cc1. The molecule has 0 spiro atoms. The highest BCUT2D eigenvalue weighted by atomic mass is 14.8. The lowest BCUT2D eigenvalue weighted by molar-refractivity contribution is 0.573. The topological polar surface area (TPSA) is 39.6 Å². The summed E-state index contributed by atoms with van der Waals surface area (Å²) in [6, 6.07) is 12.5. The standard InChI is InChI=1S/C16H18N2/c1-11-5-7-12(8-6-11)15-13(10-17)9-14(18-15)16(2,3)4/h5-9,18H,1-4H3. The molecule has 2 heteroatoms. The van der Waals surface area contributed by atoms with Crippen LogP contribution in [0.25, 0.3) is 11.3 Å². The number of nitrogens with zero attached hydrogens (tertiary/aromatic N) is 1. The van der Waals surface area contributed by atoms with Crippen LogP contribution in [0, 0.1) is 18.3 Å². The zero-order valence-electron chi connectivity index (χ0n) is 11.3. The minimum absolute atomic E-state index is 0.0224. The van der Waals surface area contributed by atoms with E-state index in [4.69, 9.17) is 0 Å². The van der Waals surface area contributed by atoms with Gasteiger partial charge in [0.15, 0.2) is 0 Å².